The molecule has 1 fully saturated rings. The second kappa shape index (κ2) is 10.4. The van der Waals surface area contributed by atoms with Crippen LogP contribution in [0.3, 0.4) is 0 Å². The van der Waals surface area contributed by atoms with Gasteiger partial charge in [-0.2, -0.15) is 4.31 Å². The van der Waals surface area contributed by atoms with Gasteiger partial charge in [-0.15, -0.1) is 0 Å². The number of amides is 1. The van der Waals surface area contributed by atoms with Crippen LogP contribution in [-0.2, 0) is 10.0 Å². The summed E-state index contributed by atoms with van der Waals surface area (Å²) < 4.78 is 33.5. The molecule has 8 heteroatoms. The second-order valence-corrected chi connectivity index (χ2v) is 10.0. The van der Waals surface area contributed by atoms with Gasteiger partial charge in [0.2, 0.25) is 10.0 Å². The summed E-state index contributed by atoms with van der Waals surface area (Å²) in [4.78, 5) is 14.6. The molecular formula is C26H29N3O4S. The van der Waals surface area contributed by atoms with E-state index in [9.17, 15) is 13.2 Å². The molecule has 0 saturated carbocycles. The van der Waals surface area contributed by atoms with Crippen LogP contribution in [0.2, 0.25) is 0 Å². The molecule has 0 spiro atoms. The molecule has 1 saturated heterocycles. The number of methoxy groups -OCH3 is 1. The fourth-order valence-corrected chi connectivity index (χ4v) is 5.84. The smallest absolute Gasteiger partial charge is 0.254 e. The quantitative estimate of drug-likeness (QED) is 0.563. The molecule has 0 bridgehead atoms. The normalized spacial score (nSPS) is 15.3. The first kappa shape index (κ1) is 23.9. The van der Waals surface area contributed by atoms with E-state index in [-0.39, 0.29) is 16.5 Å². The Morgan fingerprint density at radius 1 is 0.882 bits per heavy atom. The summed E-state index contributed by atoms with van der Waals surface area (Å²) in [6, 6.07) is 25.0. The maximum Gasteiger partial charge on any atom is 0.254 e. The van der Waals surface area contributed by atoms with Crippen molar-refractivity contribution in [1.82, 2.24) is 14.5 Å². The zero-order chi connectivity index (χ0) is 24.1. The highest BCUT2D eigenvalue weighted by Gasteiger charge is 2.32. The Kier molecular flexibility index (Phi) is 7.31. The van der Waals surface area contributed by atoms with Crippen LogP contribution in [0.1, 0.15) is 27.5 Å². The third-order valence-corrected chi connectivity index (χ3v) is 8.04. The second-order valence-electron chi connectivity index (χ2n) is 8.11. The van der Waals surface area contributed by atoms with Gasteiger partial charge in [0, 0.05) is 33.2 Å². The van der Waals surface area contributed by atoms with Gasteiger partial charge in [-0.25, -0.2) is 8.42 Å². The topological polar surface area (TPSA) is 79.0 Å². The Labute approximate surface area is 201 Å². The van der Waals surface area contributed by atoms with Crippen LogP contribution in [0.25, 0.3) is 0 Å². The molecule has 7 nitrogen and oxygen atoms in total. The average molecular weight is 480 g/mol. The fraction of sp³-hybridized carbons (Fsp3) is 0.269. The predicted octanol–water partition coefficient (Wildman–Crippen LogP) is 3.15. The number of sulfonamides is 1. The van der Waals surface area contributed by atoms with Crippen molar-refractivity contribution in [1.29, 1.82) is 0 Å². The average Bonchev–Trinajstić information content (AvgIpc) is 2.89. The van der Waals surface area contributed by atoms with Crippen molar-refractivity contribution < 1.29 is 17.9 Å². The zero-order valence-corrected chi connectivity index (χ0v) is 20.2. The third kappa shape index (κ3) is 4.84. The molecule has 1 amide bonds. The summed E-state index contributed by atoms with van der Waals surface area (Å²) in [6.07, 6.45) is 0. The van der Waals surface area contributed by atoms with E-state index < -0.39 is 15.9 Å². The van der Waals surface area contributed by atoms with Crippen LogP contribution in [0.5, 0.6) is 5.75 Å². The van der Waals surface area contributed by atoms with E-state index in [1.807, 2.05) is 36.4 Å². The van der Waals surface area contributed by atoms with Crippen molar-refractivity contribution in [2.75, 3.05) is 40.3 Å². The third-order valence-electron chi connectivity index (χ3n) is 6.15. The van der Waals surface area contributed by atoms with E-state index in [1.165, 1.54) is 47.8 Å². The van der Waals surface area contributed by atoms with Crippen LogP contribution >= 0.6 is 0 Å². The first-order valence-corrected chi connectivity index (χ1v) is 12.6. The van der Waals surface area contributed by atoms with E-state index >= 15 is 0 Å². The summed E-state index contributed by atoms with van der Waals surface area (Å²) in [5.41, 5.74) is 2.55. The number of benzene rings is 3. The Morgan fingerprint density at radius 3 is 1.94 bits per heavy atom. The van der Waals surface area contributed by atoms with Gasteiger partial charge in [0.1, 0.15) is 5.75 Å². The van der Waals surface area contributed by atoms with Crippen LogP contribution < -0.4 is 10.1 Å². The van der Waals surface area contributed by atoms with Crippen molar-refractivity contribution in [2.24, 2.45) is 0 Å². The van der Waals surface area contributed by atoms with Crippen LogP contribution in [0.15, 0.2) is 83.8 Å². The van der Waals surface area contributed by atoms with Gasteiger partial charge in [-0.3, -0.25) is 9.69 Å². The largest absolute Gasteiger partial charge is 0.496 e. The lowest BCUT2D eigenvalue weighted by molar-refractivity contribution is 0.0960. The number of hydrogen-bond acceptors (Lipinski definition) is 5. The fourth-order valence-electron chi connectivity index (χ4n) is 4.40. The van der Waals surface area contributed by atoms with Gasteiger partial charge < -0.3 is 10.1 Å². The summed E-state index contributed by atoms with van der Waals surface area (Å²) in [7, 11) is -0.811. The van der Waals surface area contributed by atoms with Crippen molar-refractivity contribution in [3.8, 4) is 5.75 Å². The molecule has 1 N–H and O–H groups in total. The number of nitrogens with zero attached hydrogens (tertiary/aromatic N) is 2. The highest BCUT2D eigenvalue weighted by atomic mass is 32.2. The summed E-state index contributed by atoms with van der Waals surface area (Å²) >= 11 is 0. The maximum atomic E-state index is 13.4. The number of nitrogens with one attached hydrogen (secondary N) is 1. The monoisotopic (exact) mass is 479 g/mol. The standard InChI is InChI=1S/C26H29N3O4S/c1-27-26(30)23-19-22(13-14-24(23)33-2)34(31,32)29-17-15-28(16-18-29)25(20-9-5-3-6-10-20)21-11-7-4-8-12-21/h3-14,19,25H,15-18H2,1-2H3,(H,27,30). The van der Waals surface area contributed by atoms with Crippen LogP contribution in [0.4, 0.5) is 0 Å². The van der Waals surface area contributed by atoms with Crippen molar-refractivity contribution in [3.05, 3.63) is 95.6 Å². The summed E-state index contributed by atoms with van der Waals surface area (Å²) in [5, 5.41) is 2.53. The molecule has 4 rings (SSSR count). The number of carbonyl (C=O) groups is 1. The van der Waals surface area contributed by atoms with Crippen LogP contribution in [0, 0.1) is 0 Å². The molecule has 1 heterocycles. The lowest BCUT2D eigenvalue weighted by Gasteiger charge is -2.39. The predicted molar refractivity (Wildman–Crippen MR) is 131 cm³/mol. The lowest BCUT2D eigenvalue weighted by Crippen LogP contribution is -2.49. The van der Waals surface area contributed by atoms with Crippen LogP contribution in [-0.4, -0.2) is 63.9 Å². The number of rotatable bonds is 7. The van der Waals surface area contributed by atoms with Gasteiger partial charge in [-0.05, 0) is 29.3 Å². The van der Waals surface area contributed by atoms with E-state index in [1.54, 1.807) is 0 Å². The number of carbonyl (C=O) groups excluding carboxylic acids is 1. The zero-order valence-electron chi connectivity index (χ0n) is 19.3. The van der Waals surface area contributed by atoms with Gasteiger partial charge in [-0.1, -0.05) is 60.7 Å². The first-order valence-electron chi connectivity index (χ1n) is 11.2. The minimum absolute atomic E-state index is 0.0492. The molecule has 178 valence electrons. The highest BCUT2D eigenvalue weighted by molar-refractivity contribution is 7.89. The summed E-state index contributed by atoms with van der Waals surface area (Å²) in [5.74, 6) is -0.0658. The van der Waals surface area contributed by atoms with Gasteiger partial charge >= 0.3 is 0 Å². The maximum absolute atomic E-state index is 13.4. The summed E-state index contributed by atoms with van der Waals surface area (Å²) in [6.45, 7) is 1.90. The molecule has 3 aromatic carbocycles. The molecule has 1 aliphatic heterocycles. The molecule has 34 heavy (non-hydrogen) atoms. The molecule has 0 aromatic heterocycles. The minimum atomic E-state index is -3.76. The van der Waals surface area contributed by atoms with Crippen molar-refractivity contribution >= 4 is 15.9 Å². The van der Waals surface area contributed by atoms with Crippen molar-refractivity contribution in [2.45, 2.75) is 10.9 Å². The van der Waals surface area contributed by atoms with Gasteiger partial charge in [0.25, 0.3) is 5.91 Å². The molecular weight excluding hydrogens is 450 g/mol. The molecule has 3 aromatic rings. The van der Waals surface area contributed by atoms with E-state index in [0.29, 0.717) is 31.9 Å². The Bertz CT molecular complexity index is 1190. The number of hydrogen-bond donors (Lipinski definition) is 1. The highest BCUT2D eigenvalue weighted by Crippen LogP contribution is 2.31. The molecule has 1 aliphatic rings. The lowest BCUT2D eigenvalue weighted by atomic mass is 9.96. The Morgan fingerprint density at radius 2 is 1.44 bits per heavy atom. The molecule has 0 atom stereocenters. The minimum Gasteiger partial charge on any atom is -0.496 e. The van der Waals surface area contributed by atoms with Gasteiger partial charge in [0.05, 0.1) is 23.6 Å². The molecule has 0 unspecified atom stereocenters. The van der Waals surface area contributed by atoms with E-state index in [4.69, 9.17) is 4.74 Å². The molecule has 0 radical (unpaired) electrons. The van der Waals surface area contributed by atoms with E-state index in [2.05, 4.69) is 34.5 Å². The molecule has 0 aliphatic carbocycles. The van der Waals surface area contributed by atoms with Crippen molar-refractivity contribution in [3.63, 3.8) is 0 Å². The van der Waals surface area contributed by atoms with E-state index in [0.717, 1.165) is 0 Å². The number of ether oxygens (including phenoxy) is 1. The SMILES string of the molecule is CNC(=O)c1cc(S(=O)(=O)N2CCN(C(c3ccccc3)c3ccccc3)CC2)ccc1OC. The Hall–Kier alpha value is -3.20. The van der Waals surface area contributed by atoms with Gasteiger partial charge in [0.15, 0.2) is 0 Å². The first-order chi connectivity index (χ1) is 16.5. The number of piperazine rings is 1. The Balaban J connectivity index is 1.56.